The summed E-state index contributed by atoms with van der Waals surface area (Å²) >= 11 is 0. The number of nitrogens with zero attached hydrogens (tertiary/aromatic N) is 1. The molecule has 0 aliphatic heterocycles. The Balaban J connectivity index is 2.92. The van der Waals surface area contributed by atoms with Crippen molar-refractivity contribution >= 4 is 11.6 Å². The summed E-state index contributed by atoms with van der Waals surface area (Å²) in [6, 6.07) is 7.63. The number of anilines is 1. The molecule has 0 saturated heterocycles. The quantitative estimate of drug-likeness (QED) is 0.779. The van der Waals surface area contributed by atoms with Crippen LogP contribution in [-0.4, -0.2) is 18.5 Å². The first-order chi connectivity index (χ1) is 8.10. The largest absolute Gasteiger partial charge is 0.368 e. The van der Waals surface area contributed by atoms with Crippen molar-refractivity contribution in [3.05, 3.63) is 29.8 Å². The van der Waals surface area contributed by atoms with E-state index in [0.717, 1.165) is 24.2 Å². The molecule has 94 valence electrons. The van der Waals surface area contributed by atoms with E-state index < -0.39 is 0 Å². The molecule has 4 heteroatoms. The van der Waals surface area contributed by atoms with Gasteiger partial charge in [-0.15, -0.1) is 0 Å². The minimum atomic E-state index is -0.304. The molecule has 0 saturated carbocycles. The van der Waals surface area contributed by atoms with Gasteiger partial charge in [0.25, 0.3) is 0 Å². The van der Waals surface area contributed by atoms with Crippen LogP contribution in [0.4, 0.5) is 5.69 Å². The van der Waals surface area contributed by atoms with Gasteiger partial charge in [0, 0.05) is 18.8 Å². The Morgan fingerprint density at radius 2 is 1.94 bits per heavy atom. The number of carbonyl (C=O) groups excluding carboxylic acids is 1. The van der Waals surface area contributed by atoms with Crippen LogP contribution < -0.4 is 16.4 Å². The van der Waals surface area contributed by atoms with E-state index in [-0.39, 0.29) is 11.9 Å². The summed E-state index contributed by atoms with van der Waals surface area (Å²) in [5, 5.41) is 0. The Morgan fingerprint density at radius 1 is 1.35 bits per heavy atom. The third-order valence-electron chi connectivity index (χ3n) is 2.85. The van der Waals surface area contributed by atoms with Gasteiger partial charge in [0.05, 0.1) is 0 Å². The molecular weight excluding hydrogens is 214 g/mol. The fraction of sp³-hybridized carbons (Fsp3) is 0.462. The average Bonchev–Trinajstić information content (AvgIpc) is 2.35. The van der Waals surface area contributed by atoms with Crippen molar-refractivity contribution < 1.29 is 4.79 Å². The van der Waals surface area contributed by atoms with Crippen molar-refractivity contribution in [2.75, 3.05) is 11.4 Å². The number of benzene rings is 1. The summed E-state index contributed by atoms with van der Waals surface area (Å²) in [5.74, 6) is -0.304. The van der Waals surface area contributed by atoms with Gasteiger partial charge in [0.15, 0.2) is 0 Å². The van der Waals surface area contributed by atoms with E-state index in [1.165, 1.54) is 0 Å². The summed E-state index contributed by atoms with van der Waals surface area (Å²) in [7, 11) is 0. The minimum absolute atomic E-state index is 0.293. The zero-order valence-corrected chi connectivity index (χ0v) is 10.5. The van der Waals surface area contributed by atoms with Gasteiger partial charge < -0.3 is 16.4 Å². The summed E-state index contributed by atoms with van der Waals surface area (Å²) in [6.45, 7) is 5.25. The van der Waals surface area contributed by atoms with Crippen LogP contribution in [0, 0.1) is 0 Å². The number of hydrogen-bond acceptors (Lipinski definition) is 3. The molecule has 0 heterocycles. The molecule has 0 aromatic heterocycles. The highest BCUT2D eigenvalue weighted by Gasteiger charge is 2.18. The van der Waals surface area contributed by atoms with Crippen LogP contribution in [0.25, 0.3) is 0 Å². The summed E-state index contributed by atoms with van der Waals surface area (Å²) in [6.07, 6.45) is 0.969. The monoisotopic (exact) mass is 235 g/mol. The van der Waals surface area contributed by atoms with Gasteiger partial charge in [0.1, 0.15) is 6.04 Å². The smallest absolute Gasteiger partial charge is 0.239 e. The molecule has 0 fully saturated rings. The van der Waals surface area contributed by atoms with Crippen LogP contribution in [0.15, 0.2) is 24.3 Å². The highest BCUT2D eigenvalue weighted by atomic mass is 16.1. The summed E-state index contributed by atoms with van der Waals surface area (Å²) in [5.41, 5.74) is 13.0. The minimum Gasteiger partial charge on any atom is -0.368 e. The maximum Gasteiger partial charge on any atom is 0.239 e. The third-order valence-corrected chi connectivity index (χ3v) is 2.85. The Hall–Kier alpha value is -1.55. The van der Waals surface area contributed by atoms with Crippen molar-refractivity contribution in [1.29, 1.82) is 0 Å². The maximum absolute atomic E-state index is 11.3. The zero-order chi connectivity index (χ0) is 12.8. The maximum atomic E-state index is 11.3. The normalized spacial score (nSPS) is 12.2. The molecule has 4 N–H and O–H groups in total. The van der Waals surface area contributed by atoms with Gasteiger partial charge in [-0.25, -0.2) is 0 Å². The van der Waals surface area contributed by atoms with Crippen molar-refractivity contribution in [3.63, 3.8) is 0 Å². The van der Waals surface area contributed by atoms with Crippen molar-refractivity contribution in [1.82, 2.24) is 0 Å². The molecule has 1 atom stereocenters. The molecule has 1 rings (SSSR count). The first-order valence-corrected chi connectivity index (χ1v) is 5.95. The van der Waals surface area contributed by atoms with E-state index in [4.69, 9.17) is 11.5 Å². The lowest BCUT2D eigenvalue weighted by atomic mass is 10.1. The Morgan fingerprint density at radius 3 is 2.35 bits per heavy atom. The van der Waals surface area contributed by atoms with Gasteiger partial charge in [-0.2, -0.15) is 0 Å². The van der Waals surface area contributed by atoms with E-state index in [1.807, 2.05) is 36.1 Å². The van der Waals surface area contributed by atoms with Crippen LogP contribution in [-0.2, 0) is 11.3 Å². The van der Waals surface area contributed by atoms with E-state index in [2.05, 4.69) is 6.92 Å². The van der Waals surface area contributed by atoms with Crippen LogP contribution in [0.3, 0.4) is 0 Å². The highest BCUT2D eigenvalue weighted by Crippen LogP contribution is 2.18. The summed E-state index contributed by atoms with van der Waals surface area (Å²) < 4.78 is 0. The number of nitrogens with two attached hydrogens (primary N) is 2. The van der Waals surface area contributed by atoms with Gasteiger partial charge >= 0.3 is 0 Å². The molecule has 17 heavy (non-hydrogen) atoms. The second-order valence-corrected chi connectivity index (χ2v) is 4.14. The first kappa shape index (κ1) is 13.5. The highest BCUT2D eigenvalue weighted by molar-refractivity contribution is 5.83. The number of carbonyl (C=O) groups is 1. The SMILES string of the molecule is CCCN(c1ccc(CN)cc1)C(C)C(N)=O. The molecule has 4 nitrogen and oxygen atoms in total. The van der Waals surface area contributed by atoms with Crippen molar-refractivity contribution in [2.45, 2.75) is 32.9 Å². The molecule has 1 aromatic rings. The molecule has 1 unspecified atom stereocenters. The zero-order valence-electron chi connectivity index (χ0n) is 10.5. The van der Waals surface area contributed by atoms with Crippen LogP contribution in [0.5, 0.6) is 0 Å². The Labute approximate surface area is 103 Å². The van der Waals surface area contributed by atoms with Crippen LogP contribution in [0.1, 0.15) is 25.8 Å². The molecule has 0 spiro atoms. The molecular formula is C13H21N3O. The first-order valence-electron chi connectivity index (χ1n) is 5.95. The molecule has 0 bridgehead atoms. The van der Waals surface area contributed by atoms with Gasteiger partial charge in [-0.05, 0) is 31.0 Å². The Kier molecular flexibility index (Phi) is 4.97. The molecule has 1 aromatic carbocycles. The van der Waals surface area contributed by atoms with E-state index >= 15 is 0 Å². The molecule has 1 amide bonds. The van der Waals surface area contributed by atoms with Crippen molar-refractivity contribution in [2.24, 2.45) is 11.5 Å². The third kappa shape index (κ3) is 3.46. The van der Waals surface area contributed by atoms with Gasteiger partial charge in [-0.3, -0.25) is 4.79 Å². The Bertz CT molecular complexity index is 361. The van der Waals surface area contributed by atoms with Gasteiger partial charge in [-0.1, -0.05) is 19.1 Å². The fourth-order valence-corrected chi connectivity index (χ4v) is 1.76. The number of primary amides is 1. The number of amides is 1. The molecule has 0 radical (unpaired) electrons. The van der Waals surface area contributed by atoms with Crippen molar-refractivity contribution in [3.8, 4) is 0 Å². The van der Waals surface area contributed by atoms with Crippen LogP contribution >= 0.6 is 0 Å². The lowest BCUT2D eigenvalue weighted by Crippen LogP contribution is -2.43. The second kappa shape index (κ2) is 6.25. The predicted octanol–water partition coefficient (Wildman–Crippen LogP) is 1.24. The average molecular weight is 235 g/mol. The van der Waals surface area contributed by atoms with Gasteiger partial charge in [0.2, 0.25) is 5.91 Å². The van der Waals surface area contributed by atoms with E-state index in [9.17, 15) is 4.79 Å². The number of hydrogen-bond donors (Lipinski definition) is 2. The molecule has 0 aliphatic rings. The van der Waals surface area contributed by atoms with E-state index in [0.29, 0.717) is 6.54 Å². The second-order valence-electron chi connectivity index (χ2n) is 4.14. The summed E-state index contributed by atoms with van der Waals surface area (Å²) in [4.78, 5) is 13.3. The predicted molar refractivity (Wildman–Crippen MR) is 70.6 cm³/mol. The lowest BCUT2D eigenvalue weighted by Gasteiger charge is -2.29. The van der Waals surface area contributed by atoms with Crippen LogP contribution in [0.2, 0.25) is 0 Å². The standard InChI is InChI=1S/C13H21N3O/c1-3-8-16(10(2)13(15)17)12-6-4-11(9-14)5-7-12/h4-7,10H,3,8-9,14H2,1-2H3,(H2,15,17). The fourth-order valence-electron chi connectivity index (χ4n) is 1.76. The topological polar surface area (TPSA) is 72.3 Å². The van der Waals surface area contributed by atoms with E-state index in [1.54, 1.807) is 0 Å². The molecule has 0 aliphatic carbocycles. The number of rotatable bonds is 6. The lowest BCUT2D eigenvalue weighted by molar-refractivity contribution is -0.118.